The van der Waals surface area contributed by atoms with Crippen LogP contribution in [0.4, 0.5) is 0 Å². The van der Waals surface area contributed by atoms with Crippen LogP contribution in [0.2, 0.25) is 0 Å². The second-order valence-electron chi connectivity index (χ2n) is 4.69. The van der Waals surface area contributed by atoms with E-state index in [0.29, 0.717) is 11.3 Å². The highest BCUT2D eigenvalue weighted by atomic mass is 16.5. The van der Waals surface area contributed by atoms with Gasteiger partial charge in [-0.3, -0.25) is 9.48 Å². The Hall–Kier alpha value is -1.94. The fourth-order valence-electron chi connectivity index (χ4n) is 2.01. The first-order chi connectivity index (χ1) is 9.17. The number of aromatic nitrogens is 2. The van der Waals surface area contributed by atoms with Gasteiger partial charge in [0.1, 0.15) is 11.8 Å². The van der Waals surface area contributed by atoms with Crippen molar-refractivity contribution in [1.82, 2.24) is 9.78 Å². The third kappa shape index (κ3) is 2.74. The summed E-state index contributed by atoms with van der Waals surface area (Å²) >= 11 is 0. The average molecular weight is 258 g/mol. The summed E-state index contributed by atoms with van der Waals surface area (Å²) in [6.45, 7) is 4.05. The van der Waals surface area contributed by atoms with Crippen LogP contribution in [0.3, 0.4) is 0 Å². The highest BCUT2D eigenvalue weighted by Crippen LogP contribution is 2.26. The number of hydrogen-bond donors (Lipinski definition) is 0. The van der Waals surface area contributed by atoms with Gasteiger partial charge in [-0.1, -0.05) is 30.3 Å². The number of hydrogen-bond acceptors (Lipinski definition) is 3. The minimum atomic E-state index is -0.318. The minimum Gasteiger partial charge on any atom is -0.370 e. The zero-order chi connectivity index (χ0) is 13.8. The van der Waals surface area contributed by atoms with Gasteiger partial charge in [-0.05, 0) is 19.4 Å². The summed E-state index contributed by atoms with van der Waals surface area (Å²) in [7, 11) is 1.63. The van der Waals surface area contributed by atoms with Crippen molar-refractivity contribution in [1.29, 1.82) is 0 Å². The van der Waals surface area contributed by atoms with Crippen LogP contribution < -0.4 is 0 Å². The molecule has 0 aliphatic heterocycles. The van der Waals surface area contributed by atoms with Crippen LogP contribution >= 0.6 is 0 Å². The van der Waals surface area contributed by atoms with E-state index < -0.39 is 0 Å². The van der Waals surface area contributed by atoms with Crippen LogP contribution in [0, 0.1) is 0 Å². The van der Waals surface area contributed by atoms with E-state index in [0.717, 1.165) is 11.8 Å². The molecule has 100 valence electrons. The number of methoxy groups -OCH3 is 1. The molecule has 0 N–H and O–H groups in total. The maximum Gasteiger partial charge on any atom is 0.153 e. The molecular weight excluding hydrogens is 240 g/mol. The number of rotatable bonds is 5. The van der Waals surface area contributed by atoms with E-state index in [4.69, 9.17) is 4.74 Å². The Bertz CT molecular complexity index is 547. The number of ether oxygens (including phenoxy) is 1. The predicted molar refractivity (Wildman–Crippen MR) is 73.3 cm³/mol. The number of aldehydes is 1. The molecule has 1 aromatic carbocycles. The quantitative estimate of drug-likeness (QED) is 0.774. The molecule has 0 radical (unpaired) electrons. The first-order valence-corrected chi connectivity index (χ1v) is 6.29. The second-order valence-corrected chi connectivity index (χ2v) is 4.69. The highest BCUT2D eigenvalue weighted by molar-refractivity contribution is 5.76. The van der Waals surface area contributed by atoms with Gasteiger partial charge < -0.3 is 4.74 Å². The van der Waals surface area contributed by atoms with Crippen LogP contribution in [0.1, 0.15) is 47.6 Å². The van der Waals surface area contributed by atoms with Gasteiger partial charge >= 0.3 is 0 Å². The Balaban J connectivity index is 2.46. The van der Waals surface area contributed by atoms with Gasteiger partial charge in [0, 0.05) is 19.3 Å². The highest BCUT2D eigenvalue weighted by Gasteiger charge is 2.21. The van der Waals surface area contributed by atoms with E-state index in [2.05, 4.69) is 5.10 Å². The first kappa shape index (κ1) is 13.5. The summed E-state index contributed by atoms with van der Waals surface area (Å²) < 4.78 is 7.31. The maximum atomic E-state index is 11.2. The third-order valence-electron chi connectivity index (χ3n) is 3.03. The Kier molecular flexibility index (Phi) is 4.12. The maximum absolute atomic E-state index is 11.2. The molecule has 0 fully saturated rings. The topological polar surface area (TPSA) is 44.1 Å². The molecule has 0 saturated heterocycles. The number of carbonyl (C=O) groups is 1. The van der Waals surface area contributed by atoms with Crippen molar-refractivity contribution in [2.45, 2.75) is 26.0 Å². The molecule has 1 unspecified atom stereocenters. The van der Waals surface area contributed by atoms with Crippen LogP contribution in [0.15, 0.2) is 36.5 Å². The van der Waals surface area contributed by atoms with E-state index in [9.17, 15) is 4.79 Å². The molecule has 0 spiro atoms. The standard InChI is InChI=1S/C15H18N2O2/c1-11(2)17-9-13(10-18)14(16-17)15(19-3)12-7-5-4-6-8-12/h4-11,15H,1-3H3. The Morgan fingerprint density at radius 2 is 1.95 bits per heavy atom. The average Bonchev–Trinajstić information content (AvgIpc) is 2.85. The van der Waals surface area contributed by atoms with E-state index in [1.165, 1.54) is 0 Å². The van der Waals surface area contributed by atoms with Gasteiger partial charge in [-0.2, -0.15) is 5.10 Å². The lowest BCUT2D eigenvalue weighted by atomic mass is 10.0. The van der Waals surface area contributed by atoms with Crippen LogP contribution in [-0.4, -0.2) is 23.2 Å². The molecule has 1 heterocycles. The summed E-state index contributed by atoms with van der Waals surface area (Å²) in [6, 6.07) is 9.99. The van der Waals surface area contributed by atoms with E-state index in [1.54, 1.807) is 18.0 Å². The molecule has 0 aliphatic carbocycles. The Morgan fingerprint density at radius 1 is 1.26 bits per heavy atom. The summed E-state index contributed by atoms with van der Waals surface area (Å²) in [5.41, 5.74) is 2.23. The van der Waals surface area contributed by atoms with E-state index in [-0.39, 0.29) is 12.1 Å². The normalized spacial score (nSPS) is 12.6. The molecule has 4 nitrogen and oxygen atoms in total. The van der Waals surface area contributed by atoms with Crippen molar-refractivity contribution in [2.24, 2.45) is 0 Å². The van der Waals surface area contributed by atoms with Crippen LogP contribution in [-0.2, 0) is 4.74 Å². The van der Waals surface area contributed by atoms with Crippen LogP contribution in [0.5, 0.6) is 0 Å². The molecule has 1 aromatic heterocycles. The molecule has 0 bridgehead atoms. The molecular formula is C15H18N2O2. The van der Waals surface area contributed by atoms with Crippen molar-refractivity contribution in [3.05, 3.63) is 53.3 Å². The molecule has 1 atom stereocenters. The summed E-state index contributed by atoms with van der Waals surface area (Å²) in [6.07, 6.45) is 2.28. The SMILES string of the molecule is COC(c1ccccc1)c1nn(C(C)C)cc1C=O. The zero-order valence-corrected chi connectivity index (χ0v) is 11.4. The number of benzene rings is 1. The third-order valence-corrected chi connectivity index (χ3v) is 3.03. The zero-order valence-electron chi connectivity index (χ0n) is 11.4. The largest absolute Gasteiger partial charge is 0.370 e. The van der Waals surface area contributed by atoms with Gasteiger partial charge in [0.15, 0.2) is 6.29 Å². The van der Waals surface area contributed by atoms with E-state index >= 15 is 0 Å². The lowest BCUT2D eigenvalue weighted by molar-refractivity contribution is 0.110. The molecule has 0 amide bonds. The van der Waals surface area contributed by atoms with Crippen LogP contribution in [0.25, 0.3) is 0 Å². The molecule has 0 aliphatic rings. The second kappa shape index (κ2) is 5.80. The number of carbonyl (C=O) groups excluding carboxylic acids is 1. The Labute approximate surface area is 113 Å². The lowest BCUT2D eigenvalue weighted by Gasteiger charge is -2.14. The first-order valence-electron chi connectivity index (χ1n) is 6.29. The molecule has 2 aromatic rings. The smallest absolute Gasteiger partial charge is 0.153 e. The van der Waals surface area contributed by atoms with Gasteiger partial charge in [0.05, 0.1) is 5.56 Å². The van der Waals surface area contributed by atoms with E-state index in [1.807, 2.05) is 44.2 Å². The van der Waals surface area contributed by atoms with Crippen molar-refractivity contribution in [3.63, 3.8) is 0 Å². The predicted octanol–water partition coefficient (Wildman–Crippen LogP) is 3.01. The van der Waals surface area contributed by atoms with Gasteiger partial charge in [-0.25, -0.2) is 0 Å². The molecule has 0 saturated carbocycles. The lowest BCUT2D eigenvalue weighted by Crippen LogP contribution is -2.08. The molecule has 4 heteroatoms. The minimum absolute atomic E-state index is 0.209. The van der Waals surface area contributed by atoms with Gasteiger partial charge in [0.2, 0.25) is 0 Å². The fourth-order valence-corrected chi connectivity index (χ4v) is 2.01. The summed E-state index contributed by atoms with van der Waals surface area (Å²) in [5.74, 6) is 0. The van der Waals surface area contributed by atoms with Gasteiger partial charge in [0.25, 0.3) is 0 Å². The van der Waals surface area contributed by atoms with Crippen molar-refractivity contribution in [2.75, 3.05) is 7.11 Å². The molecule has 2 rings (SSSR count). The fraction of sp³-hybridized carbons (Fsp3) is 0.333. The monoisotopic (exact) mass is 258 g/mol. The van der Waals surface area contributed by atoms with Crippen molar-refractivity contribution < 1.29 is 9.53 Å². The number of nitrogens with zero attached hydrogens (tertiary/aromatic N) is 2. The van der Waals surface area contributed by atoms with Crippen molar-refractivity contribution >= 4 is 6.29 Å². The van der Waals surface area contributed by atoms with Crippen molar-refractivity contribution in [3.8, 4) is 0 Å². The molecule has 19 heavy (non-hydrogen) atoms. The van der Waals surface area contributed by atoms with Gasteiger partial charge in [-0.15, -0.1) is 0 Å². The summed E-state index contributed by atoms with van der Waals surface area (Å²) in [4.78, 5) is 11.2. The summed E-state index contributed by atoms with van der Waals surface area (Å²) in [5, 5.41) is 4.49. The Morgan fingerprint density at radius 3 is 2.47 bits per heavy atom.